The second kappa shape index (κ2) is 7.82. The lowest BCUT2D eigenvalue weighted by Gasteiger charge is -2.24. The number of nitriles is 1. The molecule has 0 aliphatic carbocycles. The van der Waals surface area contributed by atoms with Crippen LogP contribution < -0.4 is 5.32 Å². The first-order valence-corrected chi connectivity index (χ1v) is 8.46. The fraction of sp³-hybridized carbons (Fsp3) is 0.300. The molecule has 2 aromatic rings. The maximum absolute atomic E-state index is 12.9. The van der Waals surface area contributed by atoms with Gasteiger partial charge in [-0.05, 0) is 42.7 Å². The second-order valence-corrected chi connectivity index (χ2v) is 6.19. The average Bonchev–Trinajstić information content (AvgIpc) is 3.15. The molecule has 25 heavy (non-hydrogen) atoms. The maximum atomic E-state index is 12.9. The van der Waals surface area contributed by atoms with Crippen LogP contribution in [0.3, 0.4) is 0 Å². The number of nitrogens with one attached hydrogen (secondary N) is 1. The van der Waals surface area contributed by atoms with Crippen molar-refractivity contribution in [2.45, 2.75) is 25.4 Å². The van der Waals surface area contributed by atoms with E-state index in [0.29, 0.717) is 24.2 Å². The SMILES string of the molecule is N#Cc1ccc(CNc2ccccc2C(=O)N2CCCC2CO)cc1. The van der Waals surface area contributed by atoms with Crippen LogP contribution in [0.4, 0.5) is 5.69 Å². The summed E-state index contributed by atoms with van der Waals surface area (Å²) in [5.41, 5.74) is 3.07. The molecule has 1 aliphatic heterocycles. The number of carbonyl (C=O) groups excluding carboxylic acids is 1. The number of likely N-dealkylation sites (tertiary alicyclic amines) is 1. The molecule has 0 spiro atoms. The summed E-state index contributed by atoms with van der Waals surface area (Å²) < 4.78 is 0. The highest BCUT2D eigenvalue weighted by molar-refractivity contribution is 5.99. The first kappa shape index (κ1) is 17.0. The Morgan fingerprint density at radius 2 is 2.00 bits per heavy atom. The van der Waals surface area contributed by atoms with Crippen molar-refractivity contribution < 1.29 is 9.90 Å². The van der Waals surface area contributed by atoms with Gasteiger partial charge in [0.05, 0.1) is 29.8 Å². The number of carbonyl (C=O) groups is 1. The highest BCUT2D eigenvalue weighted by Crippen LogP contribution is 2.24. The van der Waals surface area contributed by atoms with Gasteiger partial charge < -0.3 is 15.3 Å². The van der Waals surface area contributed by atoms with Gasteiger partial charge in [0, 0.05) is 18.8 Å². The molecule has 3 rings (SSSR count). The third kappa shape index (κ3) is 3.81. The molecule has 0 bridgehead atoms. The summed E-state index contributed by atoms with van der Waals surface area (Å²) in [5, 5.41) is 21.6. The van der Waals surface area contributed by atoms with Crippen molar-refractivity contribution in [3.63, 3.8) is 0 Å². The van der Waals surface area contributed by atoms with Crippen molar-refractivity contribution >= 4 is 11.6 Å². The van der Waals surface area contributed by atoms with E-state index < -0.39 is 0 Å². The Kier molecular flexibility index (Phi) is 5.32. The van der Waals surface area contributed by atoms with E-state index in [1.165, 1.54) is 0 Å². The topological polar surface area (TPSA) is 76.4 Å². The summed E-state index contributed by atoms with van der Waals surface area (Å²) in [6.45, 7) is 1.26. The van der Waals surface area contributed by atoms with Crippen molar-refractivity contribution in [3.05, 3.63) is 65.2 Å². The summed E-state index contributed by atoms with van der Waals surface area (Å²) in [4.78, 5) is 14.6. The smallest absolute Gasteiger partial charge is 0.256 e. The van der Waals surface area contributed by atoms with Crippen LogP contribution in [-0.4, -0.2) is 35.1 Å². The van der Waals surface area contributed by atoms with Crippen LogP contribution in [0, 0.1) is 11.3 Å². The van der Waals surface area contributed by atoms with Crippen LogP contribution >= 0.6 is 0 Å². The zero-order valence-corrected chi connectivity index (χ0v) is 14.0. The molecular formula is C20H21N3O2. The van der Waals surface area contributed by atoms with E-state index in [1.54, 1.807) is 17.0 Å². The molecule has 2 aromatic carbocycles. The first-order chi connectivity index (χ1) is 12.2. The highest BCUT2D eigenvalue weighted by Gasteiger charge is 2.29. The zero-order valence-electron chi connectivity index (χ0n) is 14.0. The van der Waals surface area contributed by atoms with Crippen LogP contribution in [-0.2, 0) is 6.54 Å². The number of benzene rings is 2. The van der Waals surface area contributed by atoms with Gasteiger partial charge in [-0.15, -0.1) is 0 Å². The van der Waals surface area contributed by atoms with Crippen LogP contribution in [0.15, 0.2) is 48.5 Å². The van der Waals surface area contributed by atoms with Crippen LogP contribution in [0.25, 0.3) is 0 Å². The molecule has 0 saturated carbocycles. The van der Waals surface area contributed by atoms with Gasteiger partial charge in [-0.2, -0.15) is 5.26 Å². The van der Waals surface area contributed by atoms with Crippen molar-refractivity contribution in [3.8, 4) is 6.07 Å². The molecule has 0 radical (unpaired) electrons. The molecule has 1 amide bonds. The van der Waals surface area contributed by atoms with Gasteiger partial charge in [-0.1, -0.05) is 24.3 Å². The molecule has 5 heteroatoms. The summed E-state index contributed by atoms with van der Waals surface area (Å²) in [5.74, 6) is -0.0421. The Hall–Kier alpha value is -2.84. The quantitative estimate of drug-likeness (QED) is 0.881. The zero-order chi connectivity index (χ0) is 17.6. The number of anilines is 1. The van der Waals surface area contributed by atoms with Gasteiger partial charge in [0.1, 0.15) is 0 Å². The van der Waals surface area contributed by atoms with Gasteiger partial charge in [0.2, 0.25) is 0 Å². The van der Waals surface area contributed by atoms with E-state index in [9.17, 15) is 9.90 Å². The van der Waals surface area contributed by atoms with Gasteiger partial charge in [-0.3, -0.25) is 4.79 Å². The number of hydrogen-bond acceptors (Lipinski definition) is 4. The Balaban J connectivity index is 1.74. The van der Waals surface area contributed by atoms with Crippen molar-refractivity contribution in [2.24, 2.45) is 0 Å². The summed E-state index contributed by atoms with van der Waals surface area (Å²) in [6, 6.07) is 16.8. The number of amides is 1. The first-order valence-electron chi connectivity index (χ1n) is 8.46. The molecule has 2 N–H and O–H groups in total. The van der Waals surface area contributed by atoms with E-state index in [1.807, 2.05) is 36.4 Å². The predicted octanol–water partition coefficient (Wildman–Crippen LogP) is 2.77. The Morgan fingerprint density at radius 3 is 2.72 bits per heavy atom. The molecule has 1 atom stereocenters. The molecule has 1 aliphatic rings. The molecule has 5 nitrogen and oxygen atoms in total. The van der Waals surface area contributed by atoms with Gasteiger partial charge in [-0.25, -0.2) is 0 Å². The minimum atomic E-state index is -0.0842. The van der Waals surface area contributed by atoms with Gasteiger partial charge in [0.25, 0.3) is 5.91 Å². The van der Waals surface area contributed by atoms with Crippen molar-refractivity contribution in [1.82, 2.24) is 4.90 Å². The highest BCUT2D eigenvalue weighted by atomic mass is 16.3. The van der Waals surface area contributed by atoms with Crippen molar-refractivity contribution in [2.75, 3.05) is 18.5 Å². The number of rotatable bonds is 5. The minimum absolute atomic E-state index is 0.00652. The van der Waals surface area contributed by atoms with E-state index in [2.05, 4.69) is 11.4 Å². The molecule has 1 unspecified atom stereocenters. The third-order valence-corrected chi connectivity index (χ3v) is 4.57. The van der Waals surface area contributed by atoms with E-state index in [-0.39, 0.29) is 18.6 Å². The molecule has 0 aromatic heterocycles. The number of aliphatic hydroxyl groups excluding tert-OH is 1. The molecule has 128 valence electrons. The number of nitrogens with zero attached hydrogens (tertiary/aromatic N) is 2. The molecule has 1 fully saturated rings. The second-order valence-electron chi connectivity index (χ2n) is 6.19. The van der Waals surface area contributed by atoms with E-state index >= 15 is 0 Å². The van der Waals surface area contributed by atoms with E-state index in [4.69, 9.17) is 5.26 Å². The number of hydrogen-bond donors (Lipinski definition) is 2. The molecule has 1 heterocycles. The van der Waals surface area contributed by atoms with E-state index in [0.717, 1.165) is 24.1 Å². The lowest BCUT2D eigenvalue weighted by atomic mass is 10.1. The number of aliphatic hydroxyl groups is 1. The Morgan fingerprint density at radius 1 is 1.24 bits per heavy atom. The summed E-state index contributed by atoms with van der Waals surface area (Å²) >= 11 is 0. The van der Waals surface area contributed by atoms with Crippen molar-refractivity contribution in [1.29, 1.82) is 5.26 Å². The maximum Gasteiger partial charge on any atom is 0.256 e. The fourth-order valence-electron chi connectivity index (χ4n) is 3.17. The van der Waals surface area contributed by atoms with Crippen LogP contribution in [0.5, 0.6) is 0 Å². The lowest BCUT2D eigenvalue weighted by molar-refractivity contribution is 0.0678. The van der Waals surface area contributed by atoms with Gasteiger partial charge >= 0.3 is 0 Å². The lowest BCUT2D eigenvalue weighted by Crippen LogP contribution is -2.37. The standard InChI is InChI=1S/C20H21N3O2/c21-12-15-7-9-16(10-8-15)13-22-19-6-2-1-5-18(19)20(25)23-11-3-4-17(23)14-24/h1-2,5-10,17,22,24H,3-4,11,13-14H2. The third-order valence-electron chi connectivity index (χ3n) is 4.57. The molecular weight excluding hydrogens is 314 g/mol. The normalized spacial score (nSPS) is 16.5. The minimum Gasteiger partial charge on any atom is -0.394 e. The average molecular weight is 335 g/mol. The summed E-state index contributed by atoms with van der Waals surface area (Å²) in [6.07, 6.45) is 1.78. The largest absolute Gasteiger partial charge is 0.394 e. The van der Waals surface area contributed by atoms with Gasteiger partial charge in [0.15, 0.2) is 0 Å². The fourth-order valence-corrected chi connectivity index (χ4v) is 3.17. The van der Waals surface area contributed by atoms with Crippen LogP contribution in [0.1, 0.15) is 34.3 Å². The molecule has 1 saturated heterocycles. The monoisotopic (exact) mass is 335 g/mol. The Bertz CT molecular complexity index is 780. The number of para-hydroxylation sites is 1. The summed E-state index contributed by atoms with van der Waals surface area (Å²) in [7, 11) is 0. The Labute approximate surface area is 147 Å². The van der Waals surface area contributed by atoms with Crippen LogP contribution in [0.2, 0.25) is 0 Å². The predicted molar refractivity (Wildman–Crippen MR) is 96.1 cm³/mol.